The number of hydrogen-bond acceptors (Lipinski definition) is 5. The summed E-state index contributed by atoms with van der Waals surface area (Å²) in [6, 6.07) is 4.36. The zero-order valence-electron chi connectivity index (χ0n) is 11.2. The molecule has 0 N–H and O–H groups in total. The van der Waals surface area contributed by atoms with Crippen LogP contribution in [0, 0.1) is 5.82 Å². The second kappa shape index (κ2) is 7.81. The largest absolute Gasteiger partial charge is 0.468 e. The summed E-state index contributed by atoms with van der Waals surface area (Å²) in [6.07, 6.45) is 0. The molecule has 7 heteroatoms. The van der Waals surface area contributed by atoms with Crippen LogP contribution in [0.1, 0.15) is 5.56 Å². The SMILES string of the molecule is COC(=O)CN(CC(=O)OC)Cc1cccc(F)c1Cl. The molecule has 5 nitrogen and oxygen atoms in total. The van der Waals surface area contributed by atoms with Gasteiger partial charge < -0.3 is 9.47 Å². The van der Waals surface area contributed by atoms with E-state index in [0.717, 1.165) is 0 Å². The van der Waals surface area contributed by atoms with Gasteiger partial charge in [0.15, 0.2) is 0 Å². The van der Waals surface area contributed by atoms with Crippen LogP contribution in [-0.4, -0.2) is 44.1 Å². The molecule has 0 fully saturated rings. The predicted octanol–water partition coefficient (Wildman–Crippen LogP) is 1.63. The lowest BCUT2D eigenvalue weighted by Crippen LogP contribution is -2.35. The molecule has 0 aliphatic heterocycles. The molecule has 1 rings (SSSR count). The zero-order valence-corrected chi connectivity index (χ0v) is 11.9. The van der Waals surface area contributed by atoms with E-state index in [4.69, 9.17) is 11.6 Å². The van der Waals surface area contributed by atoms with Crippen molar-refractivity contribution < 1.29 is 23.5 Å². The van der Waals surface area contributed by atoms with E-state index in [1.807, 2.05) is 0 Å². The summed E-state index contributed by atoms with van der Waals surface area (Å²) < 4.78 is 22.4. The lowest BCUT2D eigenvalue weighted by atomic mass is 10.2. The van der Waals surface area contributed by atoms with Crippen molar-refractivity contribution in [2.75, 3.05) is 27.3 Å². The number of ether oxygens (including phenoxy) is 2. The first-order valence-corrected chi connectivity index (χ1v) is 6.14. The van der Waals surface area contributed by atoms with Crippen molar-refractivity contribution in [3.63, 3.8) is 0 Å². The standard InChI is InChI=1S/C13H15ClFNO4/c1-19-11(17)7-16(8-12(18)20-2)6-9-4-3-5-10(15)13(9)14/h3-5H,6-8H2,1-2H3. The van der Waals surface area contributed by atoms with Gasteiger partial charge in [-0.1, -0.05) is 23.7 Å². The van der Waals surface area contributed by atoms with Gasteiger partial charge in [-0.2, -0.15) is 0 Å². The predicted molar refractivity (Wildman–Crippen MR) is 70.7 cm³/mol. The fourth-order valence-corrected chi connectivity index (χ4v) is 1.76. The number of methoxy groups -OCH3 is 2. The van der Waals surface area contributed by atoms with Crippen molar-refractivity contribution in [1.29, 1.82) is 0 Å². The van der Waals surface area contributed by atoms with Crippen LogP contribution in [0.4, 0.5) is 4.39 Å². The third kappa shape index (κ3) is 4.79. The normalized spacial score (nSPS) is 10.4. The maximum absolute atomic E-state index is 13.4. The first kappa shape index (κ1) is 16.4. The minimum atomic E-state index is -0.555. The number of nitrogens with zero attached hydrogens (tertiary/aromatic N) is 1. The molecule has 0 amide bonds. The topological polar surface area (TPSA) is 55.8 Å². The molecule has 0 atom stereocenters. The Hall–Kier alpha value is -1.66. The Kier molecular flexibility index (Phi) is 6.41. The number of halogens is 2. The number of carbonyl (C=O) groups is 2. The van der Waals surface area contributed by atoms with Gasteiger partial charge in [-0.25, -0.2) is 4.39 Å². The molecule has 20 heavy (non-hydrogen) atoms. The Morgan fingerprint density at radius 1 is 1.20 bits per heavy atom. The van der Waals surface area contributed by atoms with Crippen LogP contribution in [0.3, 0.4) is 0 Å². The quantitative estimate of drug-likeness (QED) is 0.748. The number of carbonyl (C=O) groups excluding carboxylic acids is 2. The Bertz CT molecular complexity index is 477. The van der Waals surface area contributed by atoms with Gasteiger partial charge in [-0.15, -0.1) is 0 Å². The third-order valence-electron chi connectivity index (χ3n) is 2.59. The summed E-state index contributed by atoms with van der Waals surface area (Å²) in [7, 11) is 2.49. The highest BCUT2D eigenvalue weighted by atomic mass is 35.5. The molecule has 110 valence electrons. The summed E-state index contributed by atoms with van der Waals surface area (Å²) in [5, 5.41) is -0.0350. The molecular formula is C13H15ClFNO4. The van der Waals surface area contributed by atoms with Gasteiger partial charge in [0.2, 0.25) is 0 Å². The molecule has 0 saturated carbocycles. The fourth-order valence-electron chi connectivity index (χ4n) is 1.57. The number of rotatable bonds is 6. The smallest absolute Gasteiger partial charge is 0.319 e. The van der Waals surface area contributed by atoms with Gasteiger partial charge in [0.25, 0.3) is 0 Å². The minimum absolute atomic E-state index is 0.0350. The van der Waals surface area contributed by atoms with Crippen LogP contribution < -0.4 is 0 Å². The summed E-state index contributed by atoms with van der Waals surface area (Å²) in [4.78, 5) is 24.1. The first-order valence-electron chi connectivity index (χ1n) is 5.76. The highest BCUT2D eigenvalue weighted by Crippen LogP contribution is 2.21. The highest BCUT2D eigenvalue weighted by molar-refractivity contribution is 6.31. The zero-order chi connectivity index (χ0) is 15.1. The molecule has 0 heterocycles. The number of benzene rings is 1. The van der Waals surface area contributed by atoms with Crippen LogP contribution >= 0.6 is 11.6 Å². The minimum Gasteiger partial charge on any atom is -0.468 e. The van der Waals surface area contributed by atoms with Crippen molar-refractivity contribution in [3.8, 4) is 0 Å². The molecule has 0 unspecified atom stereocenters. The van der Waals surface area contributed by atoms with Gasteiger partial charge in [0.05, 0.1) is 32.3 Å². The molecule has 0 saturated heterocycles. The second-order valence-electron chi connectivity index (χ2n) is 4.01. The van der Waals surface area contributed by atoms with Gasteiger partial charge in [0, 0.05) is 6.54 Å². The van der Waals surface area contributed by atoms with Crippen LogP contribution in [0.15, 0.2) is 18.2 Å². The summed E-state index contributed by atoms with van der Waals surface area (Å²) in [6.45, 7) is -0.127. The van der Waals surface area contributed by atoms with E-state index in [1.54, 1.807) is 6.07 Å². The maximum Gasteiger partial charge on any atom is 0.319 e. The van der Waals surface area contributed by atoms with E-state index in [2.05, 4.69) is 9.47 Å². The summed E-state index contributed by atoms with van der Waals surface area (Å²) in [5.74, 6) is -1.58. The molecular weight excluding hydrogens is 289 g/mol. The van der Waals surface area contributed by atoms with Gasteiger partial charge >= 0.3 is 11.9 Å². The first-order chi connectivity index (χ1) is 9.47. The third-order valence-corrected chi connectivity index (χ3v) is 3.01. The lowest BCUT2D eigenvalue weighted by molar-refractivity contribution is -0.145. The van der Waals surface area contributed by atoms with E-state index < -0.39 is 17.8 Å². The number of esters is 2. The molecule has 0 aromatic heterocycles. The van der Waals surface area contributed by atoms with E-state index >= 15 is 0 Å². The van der Waals surface area contributed by atoms with E-state index in [9.17, 15) is 14.0 Å². The number of hydrogen-bond donors (Lipinski definition) is 0. The molecule has 1 aromatic rings. The van der Waals surface area contributed by atoms with Crippen LogP contribution in [0.2, 0.25) is 5.02 Å². The Balaban J connectivity index is 2.84. The van der Waals surface area contributed by atoms with E-state index in [1.165, 1.54) is 31.3 Å². The Labute approximate surface area is 121 Å². The van der Waals surface area contributed by atoms with E-state index in [0.29, 0.717) is 5.56 Å². The van der Waals surface area contributed by atoms with Gasteiger partial charge in [-0.05, 0) is 11.6 Å². The molecule has 0 aliphatic rings. The van der Waals surface area contributed by atoms with E-state index in [-0.39, 0.29) is 24.7 Å². The van der Waals surface area contributed by atoms with Gasteiger partial charge in [0.1, 0.15) is 5.82 Å². The molecule has 0 bridgehead atoms. The van der Waals surface area contributed by atoms with Crippen LogP contribution in [0.25, 0.3) is 0 Å². The van der Waals surface area contributed by atoms with Crippen LogP contribution in [-0.2, 0) is 25.6 Å². The molecule has 1 aromatic carbocycles. The van der Waals surface area contributed by atoms with Gasteiger partial charge in [-0.3, -0.25) is 14.5 Å². The average Bonchev–Trinajstić information content (AvgIpc) is 2.43. The fraction of sp³-hybridized carbons (Fsp3) is 0.385. The van der Waals surface area contributed by atoms with Crippen molar-refractivity contribution in [2.24, 2.45) is 0 Å². The summed E-state index contributed by atoms with van der Waals surface area (Å²) >= 11 is 5.84. The second-order valence-corrected chi connectivity index (χ2v) is 4.39. The summed E-state index contributed by atoms with van der Waals surface area (Å²) in [5.41, 5.74) is 0.472. The van der Waals surface area contributed by atoms with Crippen molar-refractivity contribution in [2.45, 2.75) is 6.54 Å². The lowest BCUT2D eigenvalue weighted by Gasteiger charge is -2.20. The Morgan fingerprint density at radius 3 is 2.25 bits per heavy atom. The highest BCUT2D eigenvalue weighted by Gasteiger charge is 2.17. The van der Waals surface area contributed by atoms with Crippen molar-refractivity contribution in [1.82, 2.24) is 4.90 Å². The maximum atomic E-state index is 13.4. The van der Waals surface area contributed by atoms with Crippen molar-refractivity contribution in [3.05, 3.63) is 34.6 Å². The molecule has 0 radical (unpaired) electrons. The molecule has 0 spiro atoms. The average molecular weight is 304 g/mol. The molecule has 0 aliphatic carbocycles. The van der Waals surface area contributed by atoms with Crippen molar-refractivity contribution >= 4 is 23.5 Å². The Morgan fingerprint density at radius 2 is 1.75 bits per heavy atom. The monoisotopic (exact) mass is 303 g/mol. The van der Waals surface area contributed by atoms with Crippen LogP contribution in [0.5, 0.6) is 0 Å².